The maximum absolute atomic E-state index is 13.9. The van der Waals surface area contributed by atoms with E-state index in [0.717, 1.165) is 34.8 Å². The van der Waals surface area contributed by atoms with Gasteiger partial charge in [0.2, 0.25) is 0 Å². The van der Waals surface area contributed by atoms with Gasteiger partial charge in [0, 0.05) is 28.8 Å². The molecule has 0 amide bonds. The molecular weight excluding hydrogens is 464 g/mol. The molecule has 0 aliphatic carbocycles. The molecule has 0 atom stereocenters. The molecule has 0 N–H and O–H groups in total. The van der Waals surface area contributed by atoms with Gasteiger partial charge >= 0.3 is 0 Å². The van der Waals surface area contributed by atoms with Crippen molar-refractivity contribution in [2.45, 2.75) is 82.4 Å². The molecule has 0 aromatic heterocycles. The zero-order valence-corrected chi connectivity index (χ0v) is 21.5. The minimum absolute atomic E-state index is 0. The average molecular weight is 498 g/mol. The molecule has 0 spiro atoms. The van der Waals surface area contributed by atoms with Gasteiger partial charge in [-0.25, -0.2) is 17.2 Å². The molecule has 0 unspecified atom stereocenters. The Morgan fingerprint density at radius 2 is 1.34 bits per heavy atom. The van der Waals surface area contributed by atoms with E-state index in [1.165, 1.54) is 64.8 Å². The molecule has 0 fully saturated rings. The maximum Gasteiger partial charge on any atom is 0.264 e. The fraction of sp³-hybridized carbons (Fsp3) is 0.520. The van der Waals surface area contributed by atoms with E-state index in [9.17, 15) is 17.2 Å². The Labute approximate surface area is 207 Å². The smallest absolute Gasteiger partial charge is 0.264 e. The van der Waals surface area contributed by atoms with E-state index in [4.69, 9.17) is 0 Å². The fourth-order valence-corrected chi connectivity index (χ4v) is 4.81. The van der Waals surface area contributed by atoms with Crippen LogP contribution in [0.4, 0.5) is 14.5 Å². The van der Waals surface area contributed by atoms with Crippen molar-refractivity contribution in [3.05, 3.63) is 59.7 Å². The van der Waals surface area contributed by atoms with Crippen molar-refractivity contribution in [3.63, 3.8) is 0 Å². The van der Waals surface area contributed by atoms with E-state index in [1.54, 1.807) is 12.1 Å². The molecular formula is C25H34F2NO2STi. The quantitative estimate of drug-likeness (QED) is 0.207. The molecule has 7 heteroatoms. The predicted molar refractivity (Wildman–Crippen MR) is 123 cm³/mol. The summed E-state index contributed by atoms with van der Waals surface area (Å²) in [6, 6.07) is 10.6. The Morgan fingerprint density at radius 3 is 1.88 bits per heavy atom. The third-order valence-corrected chi connectivity index (χ3v) is 7.37. The van der Waals surface area contributed by atoms with E-state index in [1.807, 2.05) is 18.2 Å². The van der Waals surface area contributed by atoms with Crippen LogP contribution in [0.5, 0.6) is 0 Å². The van der Waals surface area contributed by atoms with Gasteiger partial charge in [-0.15, -0.1) is 0 Å². The summed E-state index contributed by atoms with van der Waals surface area (Å²) in [6.45, 7) is 2.24. The zero-order chi connectivity index (χ0) is 22.7. The van der Waals surface area contributed by atoms with E-state index in [-0.39, 0.29) is 32.3 Å². The van der Waals surface area contributed by atoms with E-state index in [0.29, 0.717) is 0 Å². The second-order valence-corrected chi connectivity index (χ2v) is 10.0. The van der Waals surface area contributed by atoms with Crippen LogP contribution >= 0.6 is 0 Å². The fourth-order valence-electron chi connectivity index (χ4n) is 3.61. The normalized spacial score (nSPS) is 11.2. The summed E-state index contributed by atoms with van der Waals surface area (Å²) in [7, 11) is -2.69. The molecule has 175 valence electrons. The van der Waals surface area contributed by atoms with Crippen LogP contribution in [-0.2, 0) is 38.2 Å². The van der Waals surface area contributed by atoms with Crippen molar-refractivity contribution in [3.8, 4) is 0 Å². The molecule has 0 saturated heterocycles. The van der Waals surface area contributed by atoms with Gasteiger partial charge in [0.1, 0.15) is 5.82 Å². The second kappa shape index (κ2) is 14.8. The molecule has 0 aliphatic rings. The minimum atomic E-state index is -3.94. The van der Waals surface area contributed by atoms with Crippen molar-refractivity contribution >= 4 is 15.7 Å². The zero-order valence-electron chi connectivity index (χ0n) is 19.2. The van der Waals surface area contributed by atoms with Crippen molar-refractivity contribution in [1.82, 2.24) is 0 Å². The first-order valence-corrected chi connectivity index (χ1v) is 12.8. The van der Waals surface area contributed by atoms with E-state index in [2.05, 4.69) is 6.92 Å². The molecule has 0 aliphatic heterocycles. The van der Waals surface area contributed by atoms with Gasteiger partial charge in [-0.1, -0.05) is 76.8 Å². The van der Waals surface area contributed by atoms with Crippen molar-refractivity contribution in [2.75, 3.05) is 11.4 Å². The summed E-state index contributed by atoms with van der Waals surface area (Å²) in [5.74, 6) is -1.91. The van der Waals surface area contributed by atoms with Crippen molar-refractivity contribution in [2.24, 2.45) is 0 Å². The van der Waals surface area contributed by atoms with E-state index < -0.39 is 21.7 Å². The molecule has 3 nitrogen and oxygen atoms in total. The first-order valence-electron chi connectivity index (χ1n) is 11.3. The van der Waals surface area contributed by atoms with Gasteiger partial charge in [0.05, 0.1) is 16.6 Å². The first kappa shape index (κ1) is 28.8. The molecule has 0 saturated carbocycles. The number of unbranched alkanes of at least 4 members (excludes halogenated alkanes) is 9. The number of aryl methyl sites for hydroxylation is 1. The Kier molecular flexibility index (Phi) is 13.3. The van der Waals surface area contributed by atoms with Gasteiger partial charge < -0.3 is 0 Å². The predicted octanol–water partition coefficient (Wildman–Crippen LogP) is 7.05. The minimum Gasteiger partial charge on any atom is -0.266 e. The Morgan fingerprint density at radius 1 is 0.812 bits per heavy atom. The summed E-state index contributed by atoms with van der Waals surface area (Å²) < 4.78 is 53.4. The largest absolute Gasteiger partial charge is 0.266 e. The molecule has 2 aromatic carbocycles. The third-order valence-electron chi connectivity index (χ3n) is 5.58. The average Bonchev–Trinajstić information content (AvgIpc) is 2.75. The molecule has 0 bridgehead atoms. The number of sulfonamides is 1. The number of rotatable bonds is 14. The Hall–Kier alpha value is -1.24. The van der Waals surface area contributed by atoms with Gasteiger partial charge in [-0.2, -0.15) is 0 Å². The number of hydrogen-bond donors (Lipinski definition) is 0. The summed E-state index contributed by atoms with van der Waals surface area (Å²) in [6.07, 6.45) is 13.7. The van der Waals surface area contributed by atoms with Gasteiger partial charge in [-0.3, -0.25) is 4.31 Å². The van der Waals surface area contributed by atoms with Crippen LogP contribution in [0.2, 0.25) is 0 Å². The summed E-state index contributed by atoms with van der Waals surface area (Å²) in [5, 5.41) is 0. The standard InChI is InChI=1S/C25H34F2NO2S.Ti/c1-3-4-5-6-7-8-9-10-11-12-13-21-14-17-23(18-15-21)31(29,30)28(2)25-19-16-22(26)20-24(25)27;/h14-19H,3-13H2,1-2H3;. The van der Waals surface area contributed by atoms with Gasteiger partial charge in [-0.05, 0) is 42.7 Å². The summed E-state index contributed by atoms with van der Waals surface area (Å²) in [5.41, 5.74) is 0.846. The second-order valence-electron chi connectivity index (χ2n) is 8.05. The van der Waals surface area contributed by atoms with Crippen LogP contribution in [0.1, 0.15) is 76.7 Å². The Balaban J connectivity index is 0.00000512. The molecule has 1 radical (unpaired) electrons. The molecule has 32 heavy (non-hydrogen) atoms. The van der Waals surface area contributed by atoms with Crippen LogP contribution in [0.15, 0.2) is 41.3 Å². The third kappa shape index (κ3) is 8.95. The molecule has 2 aromatic rings. The van der Waals surface area contributed by atoms with Crippen LogP contribution in [0.3, 0.4) is 0 Å². The van der Waals surface area contributed by atoms with Crippen LogP contribution in [0, 0.1) is 17.7 Å². The molecule has 0 heterocycles. The van der Waals surface area contributed by atoms with Crippen LogP contribution in [0.25, 0.3) is 0 Å². The summed E-state index contributed by atoms with van der Waals surface area (Å²) >= 11 is 0. The number of anilines is 1. The number of halogens is 2. The monoisotopic (exact) mass is 498 g/mol. The maximum atomic E-state index is 13.9. The summed E-state index contributed by atoms with van der Waals surface area (Å²) in [4.78, 5) is 0.0746. The number of nitrogens with zero attached hydrogens (tertiary/aromatic N) is 1. The number of benzene rings is 2. The molecule has 2 rings (SSSR count). The van der Waals surface area contributed by atoms with Crippen LogP contribution in [-0.4, -0.2) is 15.5 Å². The van der Waals surface area contributed by atoms with Gasteiger partial charge in [0.25, 0.3) is 10.0 Å². The van der Waals surface area contributed by atoms with E-state index >= 15 is 0 Å². The Bertz CT molecular complexity index is 905. The number of hydrogen-bond acceptors (Lipinski definition) is 2. The first-order chi connectivity index (χ1) is 14.9. The topological polar surface area (TPSA) is 37.4 Å². The SMILES string of the molecule is CCCCCCCCCCCCc1ccc(S(=O)(=O)N(C)c2ccc(F)[c]c2F)cc1.[Ti]. The van der Waals surface area contributed by atoms with Crippen molar-refractivity contribution < 1.29 is 38.9 Å². The van der Waals surface area contributed by atoms with Gasteiger partial charge in [0.15, 0.2) is 5.82 Å². The van der Waals surface area contributed by atoms with Crippen LogP contribution < -0.4 is 4.31 Å². The van der Waals surface area contributed by atoms with Crippen molar-refractivity contribution in [1.29, 1.82) is 0 Å².